The summed E-state index contributed by atoms with van der Waals surface area (Å²) in [7, 11) is 0. The van der Waals surface area contributed by atoms with Gasteiger partial charge in [-0.15, -0.1) is 0 Å². The van der Waals surface area contributed by atoms with Crippen LogP contribution in [0.3, 0.4) is 0 Å². The summed E-state index contributed by atoms with van der Waals surface area (Å²) < 4.78 is 0. The number of piperidine rings is 1. The third kappa shape index (κ3) is 2.41. The number of carbonyl (C=O) groups is 2. The lowest BCUT2D eigenvalue weighted by molar-refractivity contribution is -0.119. The molecule has 0 radical (unpaired) electrons. The highest BCUT2D eigenvalue weighted by atomic mass is 16.4. The number of nitrogens with zero attached hydrogens (tertiary/aromatic N) is 1. The Balaban J connectivity index is 2.26. The predicted octanol–water partition coefficient (Wildman–Crippen LogP) is -0.125. The van der Waals surface area contributed by atoms with Crippen molar-refractivity contribution in [1.82, 2.24) is 10.2 Å². The van der Waals surface area contributed by atoms with Crippen molar-refractivity contribution in [3.8, 4) is 0 Å². The zero-order valence-corrected chi connectivity index (χ0v) is 6.69. The Bertz CT molecular complexity index is 175. The van der Waals surface area contributed by atoms with Crippen molar-refractivity contribution >= 4 is 12.5 Å². The molecule has 12 heavy (non-hydrogen) atoms. The van der Waals surface area contributed by atoms with Gasteiger partial charge in [0.2, 0.25) is 6.41 Å². The van der Waals surface area contributed by atoms with Crippen LogP contribution >= 0.6 is 0 Å². The predicted molar refractivity (Wildman–Crippen MR) is 41.8 cm³/mol. The topological polar surface area (TPSA) is 69.6 Å². The van der Waals surface area contributed by atoms with Crippen LogP contribution in [0.2, 0.25) is 0 Å². The maximum Gasteiger partial charge on any atom is 0.404 e. The highest BCUT2D eigenvalue weighted by Crippen LogP contribution is 2.07. The minimum Gasteiger partial charge on any atom is -0.465 e. The molecule has 0 saturated carbocycles. The van der Waals surface area contributed by atoms with Gasteiger partial charge in [-0.2, -0.15) is 0 Å². The van der Waals surface area contributed by atoms with Crippen LogP contribution in [0.5, 0.6) is 0 Å². The Labute approximate surface area is 70.4 Å². The molecule has 1 saturated heterocycles. The molecule has 5 heteroatoms. The third-order valence-electron chi connectivity index (χ3n) is 2.01. The first kappa shape index (κ1) is 8.83. The Morgan fingerprint density at radius 2 is 2.08 bits per heavy atom. The first-order valence-electron chi connectivity index (χ1n) is 3.91. The fourth-order valence-electron chi connectivity index (χ4n) is 1.32. The van der Waals surface area contributed by atoms with E-state index in [1.807, 2.05) is 0 Å². The molecule has 0 aromatic rings. The van der Waals surface area contributed by atoms with E-state index in [0.717, 1.165) is 6.41 Å². The first-order chi connectivity index (χ1) is 5.72. The van der Waals surface area contributed by atoms with E-state index in [9.17, 15) is 9.59 Å². The monoisotopic (exact) mass is 172 g/mol. The first-order valence-corrected chi connectivity index (χ1v) is 3.91. The van der Waals surface area contributed by atoms with Gasteiger partial charge < -0.3 is 15.3 Å². The van der Waals surface area contributed by atoms with E-state index in [2.05, 4.69) is 5.32 Å². The molecule has 0 atom stereocenters. The summed E-state index contributed by atoms with van der Waals surface area (Å²) in [6.45, 7) is 1.29. The summed E-state index contributed by atoms with van der Waals surface area (Å²) >= 11 is 0. The molecule has 2 N–H and O–H groups in total. The number of hydrogen-bond acceptors (Lipinski definition) is 2. The van der Waals surface area contributed by atoms with Gasteiger partial charge >= 0.3 is 6.09 Å². The average molecular weight is 172 g/mol. The van der Waals surface area contributed by atoms with Crippen LogP contribution in [0.1, 0.15) is 12.8 Å². The van der Waals surface area contributed by atoms with E-state index < -0.39 is 6.09 Å². The Kier molecular flexibility index (Phi) is 2.90. The van der Waals surface area contributed by atoms with Gasteiger partial charge in [-0.05, 0) is 12.8 Å². The zero-order chi connectivity index (χ0) is 8.97. The van der Waals surface area contributed by atoms with Crippen LogP contribution in [-0.4, -0.2) is 41.6 Å². The maximum absolute atomic E-state index is 10.3. The average Bonchev–Trinajstić information content (AvgIpc) is 2.05. The zero-order valence-electron chi connectivity index (χ0n) is 6.69. The van der Waals surface area contributed by atoms with E-state index in [0.29, 0.717) is 25.9 Å². The minimum absolute atomic E-state index is 0.0127. The molecule has 0 aromatic heterocycles. The van der Waals surface area contributed by atoms with Crippen molar-refractivity contribution in [2.24, 2.45) is 0 Å². The molecule has 1 rings (SSSR count). The van der Waals surface area contributed by atoms with Gasteiger partial charge in [0, 0.05) is 19.1 Å². The largest absolute Gasteiger partial charge is 0.465 e. The van der Waals surface area contributed by atoms with Crippen LogP contribution in [-0.2, 0) is 4.79 Å². The lowest BCUT2D eigenvalue weighted by Gasteiger charge is -2.28. The number of amides is 2. The summed E-state index contributed by atoms with van der Waals surface area (Å²) in [6, 6.07) is 0.0127. The summed E-state index contributed by atoms with van der Waals surface area (Å²) in [5.74, 6) is 0. The fourth-order valence-corrected chi connectivity index (χ4v) is 1.32. The molecular formula is C7H12N2O3. The lowest BCUT2D eigenvalue weighted by Crippen LogP contribution is -2.43. The van der Waals surface area contributed by atoms with Crippen LogP contribution in [0.15, 0.2) is 0 Å². The summed E-state index contributed by atoms with van der Waals surface area (Å²) in [5, 5.41) is 10.8. The molecule has 1 fully saturated rings. The smallest absolute Gasteiger partial charge is 0.404 e. The summed E-state index contributed by atoms with van der Waals surface area (Å²) in [4.78, 5) is 22.2. The molecule has 1 heterocycles. The molecule has 0 aliphatic carbocycles. The normalized spacial score (nSPS) is 18.8. The molecule has 0 bridgehead atoms. The number of rotatable bonds is 2. The third-order valence-corrected chi connectivity index (χ3v) is 2.01. The number of nitrogens with one attached hydrogen (secondary N) is 1. The van der Waals surface area contributed by atoms with Crippen molar-refractivity contribution in [2.45, 2.75) is 18.9 Å². The number of carboxylic acid groups (broad SMARTS) is 1. The maximum atomic E-state index is 10.3. The van der Waals surface area contributed by atoms with E-state index in [1.165, 1.54) is 0 Å². The van der Waals surface area contributed by atoms with Gasteiger partial charge in [0.1, 0.15) is 0 Å². The van der Waals surface area contributed by atoms with E-state index in [4.69, 9.17) is 5.11 Å². The highest BCUT2D eigenvalue weighted by Gasteiger charge is 2.18. The summed E-state index contributed by atoms with van der Waals surface area (Å²) in [6.07, 6.45) is 1.24. The van der Waals surface area contributed by atoms with Crippen LogP contribution in [0.25, 0.3) is 0 Å². The fraction of sp³-hybridized carbons (Fsp3) is 0.714. The van der Waals surface area contributed by atoms with Crippen LogP contribution in [0, 0.1) is 0 Å². The van der Waals surface area contributed by atoms with Gasteiger partial charge in [0.05, 0.1) is 0 Å². The van der Waals surface area contributed by atoms with Gasteiger partial charge in [-0.25, -0.2) is 4.79 Å². The Morgan fingerprint density at radius 3 is 2.50 bits per heavy atom. The second-order valence-corrected chi connectivity index (χ2v) is 2.87. The van der Waals surface area contributed by atoms with Gasteiger partial charge in [0.25, 0.3) is 0 Å². The van der Waals surface area contributed by atoms with Crippen molar-refractivity contribution in [3.63, 3.8) is 0 Å². The van der Waals surface area contributed by atoms with Gasteiger partial charge in [-0.3, -0.25) is 4.79 Å². The number of likely N-dealkylation sites (tertiary alicyclic amines) is 1. The second-order valence-electron chi connectivity index (χ2n) is 2.87. The molecular weight excluding hydrogens is 160 g/mol. The van der Waals surface area contributed by atoms with Gasteiger partial charge in [0.15, 0.2) is 0 Å². The second kappa shape index (κ2) is 3.94. The molecule has 0 aromatic carbocycles. The highest BCUT2D eigenvalue weighted by molar-refractivity contribution is 5.64. The van der Waals surface area contributed by atoms with E-state index in [1.54, 1.807) is 4.90 Å². The Hall–Kier alpha value is -1.26. The van der Waals surface area contributed by atoms with Crippen LogP contribution in [0.4, 0.5) is 4.79 Å². The van der Waals surface area contributed by atoms with Crippen molar-refractivity contribution in [3.05, 3.63) is 0 Å². The van der Waals surface area contributed by atoms with Gasteiger partial charge in [-0.1, -0.05) is 0 Å². The molecule has 0 unspecified atom stereocenters. The molecule has 1 aliphatic heterocycles. The molecule has 68 valence electrons. The quantitative estimate of drug-likeness (QED) is 0.570. The van der Waals surface area contributed by atoms with Crippen LogP contribution < -0.4 is 5.32 Å². The van der Waals surface area contributed by atoms with E-state index >= 15 is 0 Å². The standard InChI is InChI=1S/C7H12N2O3/c10-5-9-3-1-6(2-4-9)8-7(11)12/h5-6,8H,1-4H2,(H,11,12). The molecule has 1 aliphatic rings. The lowest BCUT2D eigenvalue weighted by atomic mass is 10.1. The summed E-state index contributed by atoms with van der Waals surface area (Å²) in [5.41, 5.74) is 0. The molecule has 2 amide bonds. The van der Waals surface area contributed by atoms with Crippen molar-refractivity contribution in [1.29, 1.82) is 0 Å². The van der Waals surface area contributed by atoms with Crippen molar-refractivity contribution < 1.29 is 14.7 Å². The number of carbonyl (C=O) groups excluding carboxylic acids is 1. The van der Waals surface area contributed by atoms with E-state index in [-0.39, 0.29) is 6.04 Å². The molecule has 5 nitrogen and oxygen atoms in total. The minimum atomic E-state index is -0.987. The molecule has 0 spiro atoms. The Morgan fingerprint density at radius 1 is 1.50 bits per heavy atom. The number of hydrogen-bond donors (Lipinski definition) is 2. The SMILES string of the molecule is O=CN1CCC(NC(=O)O)CC1. The van der Waals surface area contributed by atoms with Crippen molar-refractivity contribution in [2.75, 3.05) is 13.1 Å².